The number of H-pyrrole nitrogens is 1. The maximum Gasteiger partial charge on any atom is 0.138 e. The summed E-state index contributed by atoms with van der Waals surface area (Å²) in [6.45, 7) is 10.9. The van der Waals surface area contributed by atoms with E-state index in [1.54, 1.807) is 0 Å². The molecule has 5 nitrogen and oxygen atoms in total. The number of hydrogen-bond donors (Lipinski definition) is 2. The van der Waals surface area contributed by atoms with Crippen molar-refractivity contribution >= 4 is 22.2 Å². The van der Waals surface area contributed by atoms with Gasteiger partial charge in [0.2, 0.25) is 0 Å². The first-order chi connectivity index (χ1) is 14.6. The molecule has 2 N–H and O–H groups in total. The van der Waals surface area contributed by atoms with Crippen LogP contribution in [0.15, 0.2) is 49.4 Å². The summed E-state index contributed by atoms with van der Waals surface area (Å²) in [6, 6.07) is 9.02. The number of nitrogens with zero attached hydrogens (tertiary/aromatic N) is 3. The molecular formula is C25H31N5. The zero-order valence-electron chi connectivity index (χ0n) is 18.2. The van der Waals surface area contributed by atoms with Gasteiger partial charge in [-0.05, 0) is 49.1 Å². The molecule has 4 heterocycles. The van der Waals surface area contributed by atoms with E-state index in [9.17, 15) is 0 Å². The summed E-state index contributed by atoms with van der Waals surface area (Å²) >= 11 is 0. The standard InChI is InChI=1S/C25H31N5/c1-5-8-20(9-6-2)28-17(4)22-16-27-30-13-12-18(14-24(22)30)23-15-26-25-21(23)11-10-19(7-3)29-25/h10-16,20,28H,4-9H2,1-3H3,(H,26,29). The van der Waals surface area contributed by atoms with Crippen LogP contribution in [0.3, 0.4) is 0 Å². The Balaban J connectivity index is 1.69. The Kier molecular flexibility index (Phi) is 5.88. The van der Waals surface area contributed by atoms with Crippen LogP contribution in [0.5, 0.6) is 0 Å². The Morgan fingerprint density at radius 3 is 2.70 bits per heavy atom. The number of hydrogen-bond acceptors (Lipinski definition) is 3. The van der Waals surface area contributed by atoms with E-state index in [-0.39, 0.29) is 0 Å². The number of nitrogens with one attached hydrogen (secondary N) is 2. The molecule has 5 heteroatoms. The molecule has 0 spiro atoms. The lowest BCUT2D eigenvalue weighted by molar-refractivity contribution is 0.502. The maximum absolute atomic E-state index is 4.71. The molecule has 0 fully saturated rings. The van der Waals surface area contributed by atoms with Crippen molar-refractivity contribution in [3.63, 3.8) is 0 Å². The van der Waals surface area contributed by atoms with Crippen molar-refractivity contribution in [1.29, 1.82) is 0 Å². The van der Waals surface area contributed by atoms with Crippen LogP contribution in [0.4, 0.5) is 0 Å². The SMILES string of the molecule is C=C(NC(CCC)CCC)c1cnn2ccc(-c3c[nH]c4nc(CC)ccc34)cc12. The highest BCUT2D eigenvalue weighted by atomic mass is 15.2. The molecule has 0 atom stereocenters. The molecule has 4 aromatic rings. The topological polar surface area (TPSA) is 58.0 Å². The third-order valence-electron chi connectivity index (χ3n) is 5.77. The van der Waals surface area contributed by atoms with Gasteiger partial charge in [0.25, 0.3) is 0 Å². The Hall–Kier alpha value is -3.08. The number of fused-ring (bicyclic) bond motifs is 2. The molecule has 0 amide bonds. The molecule has 0 unspecified atom stereocenters. The largest absolute Gasteiger partial charge is 0.382 e. The van der Waals surface area contributed by atoms with Gasteiger partial charge < -0.3 is 10.3 Å². The summed E-state index contributed by atoms with van der Waals surface area (Å²) < 4.78 is 1.92. The average molecular weight is 402 g/mol. The van der Waals surface area contributed by atoms with Gasteiger partial charge in [0.1, 0.15) is 5.65 Å². The summed E-state index contributed by atoms with van der Waals surface area (Å²) in [5.74, 6) is 0. The molecule has 0 aliphatic carbocycles. The Morgan fingerprint density at radius 2 is 1.97 bits per heavy atom. The molecule has 0 saturated heterocycles. The van der Waals surface area contributed by atoms with E-state index in [0.29, 0.717) is 6.04 Å². The third kappa shape index (κ3) is 3.84. The van der Waals surface area contributed by atoms with Crippen LogP contribution in [0.1, 0.15) is 57.7 Å². The van der Waals surface area contributed by atoms with Crippen LogP contribution < -0.4 is 5.32 Å². The highest BCUT2D eigenvalue weighted by Gasteiger charge is 2.14. The number of aromatic nitrogens is 4. The zero-order valence-corrected chi connectivity index (χ0v) is 18.2. The van der Waals surface area contributed by atoms with Gasteiger partial charge in [-0.15, -0.1) is 0 Å². The van der Waals surface area contributed by atoms with Crippen LogP contribution in [0, 0.1) is 0 Å². The number of aryl methyl sites for hydroxylation is 1. The van der Waals surface area contributed by atoms with E-state index < -0.39 is 0 Å². The van der Waals surface area contributed by atoms with Crippen molar-refractivity contribution in [3.05, 3.63) is 60.7 Å². The summed E-state index contributed by atoms with van der Waals surface area (Å²) in [5, 5.41) is 9.33. The summed E-state index contributed by atoms with van der Waals surface area (Å²) in [6.07, 6.45) is 11.5. The fraction of sp³-hybridized carbons (Fsp3) is 0.360. The lowest BCUT2D eigenvalue weighted by Gasteiger charge is -2.20. The Morgan fingerprint density at radius 1 is 1.17 bits per heavy atom. The fourth-order valence-corrected chi connectivity index (χ4v) is 4.17. The molecule has 0 radical (unpaired) electrons. The van der Waals surface area contributed by atoms with Crippen molar-refractivity contribution in [2.75, 3.05) is 0 Å². The van der Waals surface area contributed by atoms with E-state index in [1.165, 1.54) is 0 Å². The molecule has 156 valence electrons. The van der Waals surface area contributed by atoms with Crippen molar-refractivity contribution in [2.24, 2.45) is 0 Å². The average Bonchev–Trinajstić information content (AvgIpc) is 3.37. The van der Waals surface area contributed by atoms with Gasteiger partial charge in [0, 0.05) is 46.3 Å². The predicted molar refractivity (Wildman–Crippen MR) is 125 cm³/mol. The highest BCUT2D eigenvalue weighted by molar-refractivity contribution is 5.94. The van der Waals surface area contributed by atoms with Crippen molar-refractivity contribution < 1.29 is 0 Å². The lowest BCUT2D eigenvalue weighted by atomic mass is 10.0. The van der Waals surface area contributed by atoms with Crippen LogP contribution >= 0.6 is 0 Å². The maximum atomic E-state index is 4.71. The van der Waals surface area contributed by atoms with E-state index in [2.05, 4.69) is 67.0 Å². The van der Waals surface area contributed by atoms with Crippen LogP contribution in [-0.2, 0) is 6.42 Å². The first-order valence-electron chi connectivity index (χ1n) is 11.0. The minimum atomic E-state index is 0.457. The fourth-order valence-electron chi connectivity index (χ4n) is 4.17. The number of pyridine rings is 2. The third-order valence-corrected chi connectivity index (χ3v) is 5.77. The number of aromatic amines is 1. The van der Waals surface area contributed by atoms with Gasteiger partial charge in [0.05, 0.1) is 11.7 Å². The molecule has 0 saturated carbocycles. The summed E-state index contributed by atoms with van der Waals surface area (Å²) in [4.78, 5) is 8.04. The minimum Gasteiger partial charge on any atom is -0.382 e. The van der Waals surface area contributed by atoms with Gasteiger partial charge in [-0.2, -0.15) is 5.10 Å². The number of rotatable bonds is 9. The zero-order chi connectivity index (χ0) is 21.1. The molecule has 0 aliphatic rings. The molecule has 0 aliphatic heterocycles. The molecule has 0 aromatic carbocycles. The van der Waals surface area contributed by atoms with Gasteiger partial charge in [-0.3, -0.25) is 0 Å². The second-order valence-electron chi connectivity index (χ2n) is 7.96. The second-order valence-corrected chi connectivity index (χ2v) is 7.96. The van der Waals surface area contributed by atoms with Crippen molar-refractivity contribution in [1.82, 2.24) is 24.9 Å². The van der Waals surface area contributed by atoms with Crippen LogP contribution in [0.25, 0.3) is 33.4 Å². The molecule has 30 heavy (non-hydrogen) atoms. The second kappa shape index (κ2) is 8.74. The van der Waals surface area contributed by atoms with Crippen molar-refractivity contribution in [2.45, 2.75) is 58.9 Å². The van der Waals surface area contributed by atoms with Crippen LogP contribution in [0.2, 0.25) is 0 Å². The molecule has 4 aromatic heterocycles. The normalized spacial score (nSPS) is 11.6. The monoisotopic (exact) mass is 401 g/mol. The molecular weight excluding hydrogens is 370 g/mol. The first kappa shape index (κ1) is 20.2. The quantitative estimate of drug-likeness (QED) is 0.363. The Bertz CT molecular complexity index is 1160. The summed E-state index contributed by atoms with van der Waals surface area (Å²) in [5.41, 5.74) is 7.40. The van der Waals surface area contributed by atoms with E-state index in [1.807, 2.05) is 23.1 Å². The lowest BCUT2D eigenvalue weighted by Crippen LogP contribution is -2.27. The minimum absolute atomic E-state index is 0.457. The Labute approximate surface area is 178 Å². The van der Waals surface area contributed by atoms with Crippen molar-refractivity contribution in [3.8, 4) is 11.1 Å². The van der Waals surface area contributed by atoms with Gasteiger partial charge >= 0.3 is 0 Å². The molecule has 4 rings (SSSR count). The van der Waals surface area contributed by atoms with E-state index in [4.69, 9.17) is 4.98 Å². The van der Waals surface area contributed by atoms with Gasteiger partial charge in [-0.1, -0.05) is 40.2 Å². The first-order valence-corrected chi connectivity index (χ1v) is 11.0. The molecule has 0 bridgehead atoms. The van der Waals surface area contributed by atoms with Gasteiger partial charge in [-0.25, -0.2) is 9.50 Å². The summed E-state index contributed by atoms with van der Waals surface area (Å²) in [7, 11) is 0. The van der Waals surface area contributed by atoms with E-state index >= 15 is 0 Å². The van der Waals surface area contributed by atoms with E-state index in [0.717, 1.165) is 76.7 Å². The smallest absolute Gasteiger partial charge is 0.138 e. The highest BCUT2D eigenvalue weighted by Crippen LogP contribution is 2.30. The van der Waals surface area contributed by atoms with Crippen LogP contribution in [-0.4, -0.2) is 25.6 Å². The predicted octanol–water partition coefficient (Wildman–Crippen LogP) is 5.97. The van der Waals surface area contributed by atoms with Gasteiger partial charge in [0.15, 0.2) is 0 Å².